The van der Waals surface area contributed by atoms with Crippen molar-refractivity contribution in [2.45, 2.75) is 52.8 Å². The Morgan fingerprint density at radius 3 is 2.58 bits per heavy atom. The molecule has 0 radical (unpaired) electrons. The second kappa shape index (κ2) is 6.39. The van der Waals surface area contributed by atoms with Gasteiger partial charge in [0.05, 0.1) is 18.7 Å². The highest BCUT2D eigenvalue weighted by Gasteiger charge is 2.24. The first-order valence-electron chi connectivity index (χ1n) is 6.50. The van der Waals surface area contributed by atoms with Gasteiger partial charge in [0.15, 0.2) is 0 Å². The molecule has 1 aromatic heterocycles. The van der Waals surface area contributed by atoms with Crippen LogP contribution in [-0.4, -0.2) is 34.2 Å². The van der Waals surface area contributed by atoms with Gasteiger partial charge in [-0.25, -0.2) is 4.79 Å². The molecule has 108 valence electrons. The third-order valence-corrected chi connectivity index (χ3v) is 3.83. The molecule has 1 heterocycles. The summed E-state index contributed by atoms with van der Waals surface area (Å²) in [6, 6.07) is 1.96. The molecule has 4 nitrogen and oxygen atoms in total. The molecular weight excluding hydrogens is 260 g/mol. The van der Waals surface area contributed by atoms with E-state index in [0.29, 0.717) is 13.1 Å². The van der Waals surface area contributed by atoms with E-state index in [9.17, 15) is 9.90 Å². The average Bonchev–Trinajstić information content (AvgIpc) is 2.67. The maximum Gasteiger partial charge on any atom is 0.318 e. The molecule has 0 saturated heterocycles. The lowest BCUT2D eigenvalue weighted by molar-refractivity contribution is 0.0387. The van der Waals surface area contributed by atoms with E-state index in [1.807, 2.05) is 32.2 Å². The van der Waals surface area contributed by atoms with Crippen molar-refractivity contribution in [3.8, 4) is 0 Å². The molecule has 19 heavy (non-hydrogen) atoms. The Kier molecular flexibility index (Phi) is 5.38. The fourth-order valence-corrected chi connectivity index (χ4v) is 2.59. The Hall–Kier alpha value is -1.07. The number of carbonyl (C=O) groups is 1. The van der Waals surface area contributed by atoms with Crippen molar-refractivity contribution >= 4 is 17.4 Å². The van der Waals surface area contributed by atoms with Gasteiger partial charge in [0.25, 0.3) is 0 Å². The summed E-state index contributed by atoms with van der Waals surface area (Å²) >= 11 is 1.64. The zero-order valence-electron chi connectivity index (χ0n) is 12.4. The van der Waals surface area contributed by atoms with E-state index >= 15 is 0 Å². The van der Waals surface area contributed by atoms with E-state index in [1.54, 1.807) is 30.1 Å². The van der Waals surface area contributed by atoms with Crippen LogP contribution in [0.3, 0.4) is 0 Å². The molecule has 2 amide bonds. The first-order valence-corrected chi connectivity index (χ1v) is 7.38. The van der Waals surface area contributed by atoms with Crippen molar-refractivity contribution in [2.24, 2.45) is 0 Å². The second-order valence-corrected chi connectivity index (χ2v) is 6.72. The Labute approximate surface area is 119 Å². The third-order valence-electron chi connectivity index (χ3n) is 2.81. The Morgan fingerprint density at radius 1 is 1.53 bits per heavy atom. The molecule has 0 spiro atoms. The van der Waals surface area contributed by atoms with Crippen molar-refractivity contribution < 1.29 is 9.90 Å². The standard InChI is InChI=1S/C14H24N2O2S/c1-10(2)16(9-14(4,5)18)13(17)15-8-12-11(3)6-7-19-12/h6-7,10,18H,8-9H2,1-5H3,(H,15,17). The number of nitrogens with one attached hydrogen (secondary N) is 1. The van der Waals surface area contributed by atoms with Crippen molar-refractivity contribution in [3.63, 3.8) is 0 Å². The fraction of sp³-hybridized carbons (Fsp3) is 0.643. The Bertz CT molecular complexity index is 421. The Morgan fingerprint density at radius 2 is 2.16 bits per heavy atom. The van der Waals surface area contributed by atoms with Gasteiger partial charge in [-0.1, -0.05) is 0 Å². The van der Waals surface area contributed by atoms with E-state index in [2.05, 4.69) is 5.32 Å². The summed E-state index contributed by atoms with van der Waals surface area (Å²) in [7, 11) is 0. The van der Waals surface area contributed by atoms with E-state index in [1.165, 1.54) is 10.4 Å². The number of hydrogen-bond donors (Lipinski definition) is 2. The number of aryl methyl sites for hydroxylation is 1. The van der Waals surface area contributed by atoms with E-state index in [4.69, 9.17) is 0 Å². The molecule has 0 aliphatic carbocycles. The molecule has 1 aromatic rings. The highest BCUT2D eigenvalue weighted by molar-refractivity contribution is 7.10. The predicted molar refractivity (Wildman–Crippen MR) is 79.4 cm³/mol. The zero-order chi connectivity index (χ0) is 14.6. The van der Waals surface area contributed by atoms with Gasteiger partial charge in [0.1, 0.15) is 0 Å². The fourth-order valence-electron chi connectivity index (χ4n) is 1.75. The SMILES string of the molecule is Cc1ccsc1CNC(=O)N(CC(C)(C)O)C(C)C. The Balaban J connectivity index is 2.60. The highest BCUT2D eigenvalue weighted by atomic mass is 32.1. The molecule has 2 N–H and O–H groups in total. The van der Waals surface area contributed by atoms with Crippen LogP contribution in [-0.2, 0) is 6.54 Å². The molecule has 0 aliphatic rings. The van der Waals surface area contributed by atoms with Crippen LogP contribution in [0.25, 0.3) is 0 Å². The quantitative estimate of drug-likeness (QED) is 0.873. The van der Waals surface area contributed by atoms with Crippen LogP contribution >= 0.6 is 11.3 Å². The lowest BCUT2D eigenvalue weighted by Gasteiger charge is -2.32. The summed E-state index contributed by atoms with van der Waals surface area (Å²) in [5, 5.41) is 14.8. The van der Waals surface area contributed by atoms with Gasteiger partial charge in [-0.3, -0.25) is 0 Å². The number of aliphatic hydroxyl groups is 1. The van der Waals surface area contributed by atoms with Crippen molar-refractivity contribution in [3.05, 3.63) is 21.9 Å². The summed E-state index contributed by atoms with van der Waals surface area (Å²) in [5.74, 6) is 0. The maximum atomic E-state index is 12.2. The van der Waals surface area contributed by atoms with Crippen LogP contribution in [0.4, 0.5) is 4.79 Å². The van der Waals surface area contributed by atoms with E-state index in [-0.39, 0.29) is 12.1 Å². The minimum Gasteiger partial charge on any atom is -0.389 e. The molecule has 0 aromatic carbocycles. The molecule has 1 rings (SSSR count). The van der Waals surface area contributed by atoms with Crippen LogP contribution in [0.1, 0.15) is 38.1 Å². The van der Waals surface area contributed by atoms with Crippen LogP contribution < -0.4 is 5.32 Å². The average molecular weight is 284 g/mol. The van der Waals surface area contributed by atoms with Gasteiger partial charge in [-0.2, -0.15) is 0 Å². The lowest BCUT2D eigenvalue weighted by atomic mass is 10.1. The number of rotatable bonds is 5. The van der Waals surface area contributed by atoms with Gasteiger partial charge >= 0.3 is 6.03 Å². The first-order chi connectivity index (χ1) is 8.70. The van der Waals surface area contributed by atoms with Crippen LogP contribution in [0.15, 0.2) is 11.4 Å². The summed E-state index contributed by atoms with van der Waals surface area (Å²) in [4.78, 5) is 15.0. The second-order valence-electron chi connectivity index (χ2n) is 5.72. The minimum absolute atomic E-state index is 0.0517. The van der Waals surface area contributed by atoms with Crippen LogP contribution in [0.5, 0.6) is 0 Å². The number of nitrogens with zero attached hydrogens (tertiary/aromatic N) is 1. The summed E-state index contributed by atoms with van der Waals surface area (Å²) in [6.07, 6.45) is 0. The first kappa shape index (κ1) is 16.0. The van der Waals surface area contributed by atoms with E-state index in [0.717, 1.165) is 0 Å². The third kappa shape index (κ3) is 5.20. The summed E-state index contributed by atoms with van der Waals surface area (Å²) < 4.78 is 0. The van der Waals surface area contributed by atoms with Crippen molar-refractivity contribution in [1.82, 2.24) is 10.2 Å². The summed E-state index contributed by atoms with van der Waals surface area (Å²) in [5.41, 5.74) is 0.310. The zero-order valence-corrected chi connectivity index (χ0v) is 13.2. The predicted octanol–water partition coefficient (Wildman–Crippen LogP) is 2.75. The number of urea groups is 1. The molecule has 0 aliphatic heterocycles. The number of hydrogen-bond acceptors (Lipinski definition) is 3. The molecule has 0 unspecified atom stereocenters. The largest absolute Gasteiger partial charge is 0.389 e. The highest BCUT2D eigenvalue weighted by Crippen LogP contribution is 2.15. The molecule has 0 atom stereocenters. The number of amides is 2. The monoisotopic (exact) mass is 284 g/mol. The minimum atomic E-state index is -0.888. The van der Waals surface area contributed by atoms with Crippen molar-refractivity contribution in [2.75, 3.05) is 6.54 Å². The molecule has 5 heteroatoms. The van der Waals surface area contributed by atoms with E-state index < -0.39 is 5.60 Å². The maximum absolute atomic E-state index is 12.2. The van der Waals surface area contributed by atoms with Gasteiger partial charge in [0.2, 0.25) is 0 Å². The van der Waals surface area contributed by atoms with Gasteiger partial charge in [0, 0.05) is 10.9 Å². The molecule has 0 saturated carbocycles. The topological polar surface area (TPSA) is 52.6 Å². The van der Waals surface area contributed by atoms with Gasteiger partial charge < -0.3 is 15.3 Å². The molecular formula is C14H24N2O2S. The van der Waals surface area contributed by atoms with Crippen LogP contribution in [0, 0.1) is 6.92 Å². The van der Waals surface area contributed by atoms with Crippen LogP contribution in [0.2, 0.25) is 0 Å². The smallest absolute Gasteiger partial charge is 0.318 e. The number of carbonyl (C=O) groups excluding carboxylic acids is 1. The normalized spacial score (nSPS) is 11.7. The number of thiophene rings is 1. The molecule has 0 bridgehead atoms. The molecule has 0 fully saturated rings. The summed E-state index contributed by atoms with van der Waals surface area (Å²) in [6.45, 7) is 10.2. The van der Waals surface area contributed by atoms with Crippen molar-refractivity contribution in [1.29, 1.82) is 0 Å². The van der Waals surface area contributed by atoms with Gasteiger partial charge in [-0.15, -0.1) is 11.3 Å². The van der Waals surface area contributed by atoms with Gasteiger partial charge in [-0.05, 0) is 51.6 Å². The lowest BCUT2D eigenvalue weighted by Crippen LogP contribution is -2.49.